The largest absolute Gasteiger partial charge is 0.384 e. The molecule has 1 atom stereocenters. The molecule has 0 saturated heterocycles. The van der Waals surface area contributed by atoms with Crippen LogP contribution in [0.4, 0.5) is 0 Å². The summed E-state index contributed by atoms with van der Waals surface area (Å²) in [7, 11) is 0. The van der Waals surface area contributed by atoms with Crippen LogP contribution in [0.15, 0.2) is 15.9 Å². The number of rotatable bonds is 2. The summed E-state index contributed by atoms with van der Waals surface area (Å²) in [4.78, 5) is 1.09. The highest BCUT2D eigenvalue weighted by molar-refractivity contribution is 9.10. The fourth-order valence-corrected chi connectivity index (χ4v) is 4.42. The Bertz CT molecular complexity index is 326. The maximum absolute atomic E-state index is 10.7. The zero-order valence-corrected chi connectivity index (χ0v) is 11.4. The maximum Gasteiger partial charge on any atom is 0.0999 e. The molecule has 15 heavy (non-hydrogen) atoms. The molecule has 0 amide bonds. The Kier molecular flexibility index (Phi) is 3.53. The van der Waals surface area contributed by atoms with E-state index in [0.29, 0.717) is 5.92 Å². The summed E-state index contributed by atoms with van der Waals surface area (Å²) < 4.78 is 1.06. The molecular weight excluding hydrogens is 272 g/mol. The third-order valence-electron chi connectivity index (χ3n) is 3.48. The molecule has 0 bridgehead atoms. The smallest absolute Gasteiger partial charge is 0.0999 e. The van der Waals surface area contributed by atoms with E-state index in [0.717, 1.165) is 22.2 Å². The van der Waals surface area contributed by atoms with Crippen LogP contribution in [0.1, 0.15) is 43.9 Å². The van der Waals surface area contributed by atoms with Crippen LogP contribution in [0.3, 0.4) is 0 Å². The minimum atomic E-state index is -0.645. The molecule has 1 fully saturated rings. The van der Waals surface area contributed by atoms with Gasteiger partial charge in [-0.25, -0.2) is 0 Å². The summed E-state index contributed by atoms with van der Waals surface area (Å²) in [6.45, 7) is 1.97. The van der Waals surface area contributed by atoms with Gasteiger partial charge in [0.25, 0.3) is 0 Å². The van der Waals surface area contributed by atoms with Gasteiger partial charge in [0.05, 0.1) is 10.5 Å². The van der Waals surface area contributed by atoms with Gasteiger partial charge in [0.15, 0.2) is 0 Å². The Labute approximate surface area is 104 Å². The summed E-state index contributed by atoms with van der Waals surface area (Å²) in [5.41, 5.74) is -0.645. The molecule has 3 heteroatoms. The van der Waals surface area contributed by atoms with E-state index >= 15 is 0 Å². The van der Waals surface area contributed by atoms with Gasteiger partial charge in [-0.15, -0.1) is 11.3 Å². The van der Waals surface area contributed by atoms with Crippen molar-refractivity contribution in [2.45, 2.75) is 44.6 Å². The molecule has 2 rings (SSSR count). The lowest BCUT2D eigenvalue weighted by Gasteiger charge is -2.35. The first-order chi connectivity index (χ1) is 7.12. The van der Waals surface area contributed by atoms with Crippen LogP contribution in [0, 0.1) is 5.92 Å². The Hall–Kier alpha value is 0.140. The van der Waals surface area contributed by atoms with Gasteiger partial charge in [-0.2, -0.15) is 0 Å². The van der Waals surface area contributed by atoms with Gasteiger partial charge in [-0.1, -0.05) is 19.3 Å². The predicted molar refractivity (Wildman–Crippen MR) is 68.2 cm³/mol. The van der Waals surface area contributed by atoms with Crippen molar-refractivity contribution >= 4 is 27.3 Å². The lowest BCUT2D eigenvalue weighted by Crippen LogP contribution is -2.32. The number of halogens is 1. The number of hydrogen-bond donors (Lipinski definition) is 1. The third-order valence-corrected chi connectivity index (χ3v) is 5.54. The lowest BCUT2D eigenvalue weighted by atomic mass is 9.77. The Morgan fingerprint density at radius 3 is 2.60 bits per heavy atom. The van der Waals surface area contributed by atoms with Crippen molar-refractivity contribution in [1.29, 1.82) is 0 Å². The van der Waals surface area contributed by atoms with Crippen molar-refractivity contribution in [1.82, 2.24) is 0 Å². The fourth-order valence-electron chi connectivity index (χ4n) is 2.50. The second-order valence-electron chi connectivity index (χ2n) is 4.58. The van der Waals surface area contributed by atoms with Crippen molar-refractivity contribution in [2.75, 3.05) is 0 Å². The third kappa shape index (κ3) is 2.29. The second-order valence-corrected chi connectivity index (χ2v) is 6.35. The highest BCUT2D eigenvalue weighted by Gasteiger charge is 2.36. The molecule has 1 aromatic rings. The zero-order chi connectivity index (χ0) is 10.9. The summed E-state index contributed by atoms with van der Waals surface area (Å²) >= 11 is 5.17. The molecule has 1 aromatic heterocycles. The minimum absolute atomic E-state index is 0.432. The van der Waals surface area contributed by atoms with E-state index in [1.54, 1.807) is 11.3 Å². The molecule has 1 nitrogen and oxygen atoms in total. The van der Waals surface area contributed by atoms with Gasteiger partial charge in [-0.05, 0) is 53.1 Å². The van der Waals surface area contributed by atoms with Crippen molar-refractivity contribution in [3.8, 4) is 0 Å². The first-order valence-electron chi connectivity index (χ1n) is 5.58. The number of hydrogen-bond acceptors (Lipinski definition) is 2. The average Bonchev–Trinajstić information content (AvgIpc) is 2.66. The van der Waals surface area contributed by atoms with Crippen molar-refractivity contribution in [3.63, 3.8) is 0 Å². The molecule has 1 heterocycles. The number of aliphatic hydroxyl groups is 1. The normalized spacial score (nSPS) is 22.6. The average molecular weight is 289 g/mol. The molecule has 1 N–H and O–H groups in total. The maximum atomic E-state index is 10.7. The molecular formula is C12H17BrOS. The van der Waals surface area contributed by atoms with Crippen molar-refractivity contribution in [2.24, 2.45) is 5.92 Å². The Morgan fingerprint density at radius 1 is 1.40 bits per heavy atom. The van der Waals surface area contributed by atoms with E-state index in [-0.39, 0.29) is 0 Å². The van der Waals surface area contributed by atoms with Crippen LogP contribution in [0.25, 0.3) is 0 Å². The molecule has 1 unspecified atom stereocenters. The van der Waals surface area contributed by atoms with Crippen LogP contribution >= 0.6 is 27.3 Å². The second kappa shape index (κ2) is 4.56. The van der Waals surface area contributed by atoms with Crippen LogP contribution < -0.4 is 0 Å². The van der Waals surface area contributed by atoms with Crippen molar-refractivity contribution < 1.29 is 5.11 Å². The standard InChI is InChI=1S/C12H17BrOS/c1-12(14,9-5-3-2-4-6-9)11-10(13)7-8-15-11/h7-9,14H,2-6H2,1H3. The van der Waals surface area contributed by atoms with Gasteiger partial charge >= 0.3 is 0 Å². The van der Waals surface area contributed by atoms with Gasteiger partial charge < -0.3 is 5.11 Å². The summed E-state index contributed by atoms with van der Waals surface area (Å²) in [6, 6.07) is 2.03. The molecule has 1 aliphatic carbocycles. The van der Waals surface area contributed by atoms with Crippen molar-refractivity contribution in [3.05, 3.63) is 20.8 Å². The highest BCUT2D eigenvalue weighted by Crippen LogP contribution is 2.43. The fraction of sp³-hybridized carbons (Fsp3) is 0.667. The monoisotopic (exact) mass is 288 g/mol. The molecule has 84 valence electrons. The van der Waals surface area contributed by atoms with Gasteiger partial charge in [-0.3, -0.25) is 0 Å². The SMILES string of the molecule is CC(O)(c1sccc1Br)C1CCCCC1. The van der Waals surface area contributed by atoms with Gasteiger partial charge in [0.2, 0.25) is 0 Å². The van der Waals surface area contributed by atoms with E-state index in [4.69, 9.17) is 0 Å². The molecule has 0 spiro atoms. The summed E-state index contributed by atoms with van der Waals surface area (Å²) in [5, 5.41) is 12.7. The zero-order valence-electron chi connectivity index (χ0n) is 9.00. The van der Waals surface area contributed by atoms with E-state index < -0.39 is 5.60 Å². The highest BCUT2D eigenvalue weighted by atomic mass is 79.9. The van der Waals surface area contributed by atoms with Gasteiger partial charge in [0.1, 0.15) is 0 Å². The van der Waals surface area contributed by atoms with E-state index in [2.05, 4.69) is 15.9 Å². The summed E-state index contributed by atoms with van der Waals surface area (Å²) in [5.74, 6) is 0.432. The molecule has 0 radical (unpaired) electrons. The topological polar surface area (TPSA) is 20.2 Å². The summed E-state index contributed by atoms with van der Waals surface area (Å²) in [6.07, 6.45) is 6.19. The lowest BCUT2D eigenvalue weighted by molar-refractivity contribution is -0.0188. The Morgan fingerprint density at radius 2 is 2.07 bits per heavy atom. The van der Waals surface area contributed by atoms with Crippen LogP contribution in [-0.2, 0) is 5.60 Å². The van der Waals surface area contributed by atoms with Gasteiger partial charge in [0, 0.05) is 4.47 Å². The predicted octanol–water partition coefficient (Wildman–Crippen LogP) is 4.30. The Balaban J connectivity index is 2.21. The number of thiophene rings is 1. The van der Waals surface area contributed by atoms with Crippen LogP contribution in [0.2, 0.25) is 0 Å². The molecule has 0 aromatic carbocycles. The van der Waals surface area contributed by atoms with Crippen LogP contribution in [0.5, 0.6) is 0 Å². The minimum Gasteiger partial charge on any atom is -0.384 e. The van der Waals surface area contributed by atoms with E-state index in [1.165, 1.54) is 19.3 Å². The first kappa shape index (κ1) is 11.6. The quantitative estimate of drug-likeness (QED) is 0.860. The first-order valence-corrected chi connectivity index (χ1v) is 7.25. The molecule has 1 saturated carbocycles. The molecule has 1 aliphatic rings. The van der Waals surface area contributed by atoms with E-state index in [1.807, 2.05) is 18.4 Å². The molecule has 0 aliphatic heterocycles. The van der Waals surface area contributed by atoms with E-state index in [9.17, 15) is 5.11 Å². The van der Waals surface area contributed by atoms with Crippen LogP contribution in [-0.4, -0.2) is 5.11 Å².